The number of halogens is 4. The second-order valence-corrected chi connectivity index (χ2v) is 10.1. The SMILES string of the molecule is O=S(=O)(Nc1ncccn1)c1ccc2c(c1)CC[C@@H]2c1ccc(C(F)(F)F)cc1-c1ccc(F)cc1. The van der Waals surface area contributed by atoms with Crippen LogP contribution in [0, 0.1) is 5.82 Å². The predicted molar refractivity (Wildman–Crippen MR) is 126 cm³/mol. The van der Waals surface area contributed by atoms with Crippen molar-refractivity contribution in [3.63, 3.8) is 0 Å². The number of fused-ring (bicyclic) bond motifs is 1. The molecule has 5 nitrogen and oxygen atoms in total. The molecule has 1 heterocycles. The number of aromatic nitrogens is 2. The second kappa shape index (κ2) is 9.02. The van der Waals surface area contributed by atoms with Gasteiger partial charge in [0.1, 0.15) is 5.82 Å². The largest absolute Gasteiger partial charge is 0.416 e. The van der Waals surface area contributed by atoms with Crippen LogP contribution in [0.25, 0.3) is 11.1 Å². The average molecular weight is 514 g/mol. The molecule has 36 heavy (non-hydrogen) atoms. The first-order valence-corrected chi connectivity index (χ1v) is 12.5. The minimum Gasteiger partial charge on any atom is -0.247 e. The van der Waals surface area contributed by atoms with Crippen LogP contribution in [0.1, 0.15) is 34.6 Å². The van der Waals surface area contributed by atoms with Crippen LogP contribution in [0.4, 0.5) is 23.5 Å². The van der Waals surface area contributed by atoms with Crippen LogP contribution in [0.3, 0.4) is 0 Å². The Morgan fingerprint density at radius 1 is 0.889 bits per heavy atom. The van der Waals surface area contributed by atoms with Crippen molar-refractivity contribution in [2.24, 2.45) is 0 Å². The fourth-order valence-electron chi connectivity index (χ4n) is 4.53. The number of benzene rings is 3. The molecule has 0 fully saturated rings. The molecule has 5 rings (SSSR count). The van der Waals surface area contributed by atoms with Crippen molar-refractivity contribution in [1.82, 2.24) is 9.97 Å². The standard InChI is InChI=1S/C26H19F4N3O2S/c27-19-6-2-16(3-7-19)24-15-18(26(28,29)30)5-10-23(24)22-9-4-17-14-20(8-11-21(17)22)36(34,35)33-25-31-12-1-13-32-25/h1-3,5-8,10-15,22H,4,9H2,(H,31,32,33)/t22-/m0/s1. The van der Waals surface area contributed by atoms with Gasteiger partial charge in [0.05, 0.1) is 10.5 Å². The van der Waals surface area contributed by atoms with E-state index in [9.17, 15) is 26.0 Å². The molecule has 1 aliphatic carbocycles. The Balaban J connectivity index is 1.53. The van der Waals surface area contributed by atoms with E-state index in [0.717, 1.165) is 23.3 Å². The van der Waals surface area contributed by atoms with Crippen molar-refractivity contribution in [3.05, 3.63) is 107 Å². The van der Waals surface area contributed by atoms with Gasteiger partial charge in [-0.15, -0.1) is 0 Å². The van der Waals surface area contributed by atoms with E-state index in [2.05, 4.69) is 14.7 Å². The van der Waals surface area contributed by atoms with Crippen molar-refractivity contribution in [2.75, 3.05) is 4.72 Å². The molecule has 1 N–H and O–H groups in total. The molecule has 1 aliphatic rings. The lowest BCUT2D eigenvalue weighted by Gasteiger charge is -2.20. The maximum Gasteiger partial charge on any atom is 0.416 e. The van der Waals surface area contributed by atoms with Crippen molar-refractivity contribution < 1.29 is 26.0 Å². The summed E-state index contributed by atoms with van der Waals surface area (Å²) in [6.07, 6.45) is -0.551. The lowest BCUT2D eigenvalue weighted by atomic mass is 9.86. The molecule has 10 heteroatoms. The van der Waals surface area contributed by atoms with Gasteiger partial charge in [0.15, 0.2) is 0 Å². The van der Waals surface area contributed by atoms with Crippen molar-refractivity contribution >= 4 is 16.0 Å². The zero-order chi connectivity index (χ0) is 25.5. The number of nitrogens with zero attached hydrogens (tertiary/aromatic N) is 2. The molecule has 1 aromatic heterocycles. The molecule has 0 bridgehead atoms. The van der Waals surface area contributed by atoms with Crippen LogP contribution >= 0.6 is 0 Å². The number of anilines is 1. The molecule has 1 atom stereocenters. The molecular formula is C26H19F4N3O2S. The number of alkyl halides is 3. The summed E-state index contributed by atoms with van der Waals surface area (Å²) >= 11 is 0. The minimum absolute atomic E-state index is 0.0422. The summed E-state index contributed by atoms with van der Waals surface area (Å²) < 4.78 is 81.9. The minimum atomic E-state index is -4.53. The summed E-state index contributed by atoms with van der Waals surface area (Å²) in [4.78, 5) is 7.80. The second-order valence-electron chi connectivity index (χ2n) is 8.44. The number of rotatable bonds is 5. The Kier molecular flexibility index (Phi) is 5.99. The highest BCUT2D eigenvalue weighted by molar-refractivity contribution is 7.92. The van der Waals surface area contributed by atoms with Gasteiger partial charge >= 0.3 is 6.18 Å². The molecule has 0 unspecified atom stereocenters. The Bertz CT molecular complexity index is 1520. The Morgan fingerprint density at radius 3 is 2.28 bits per heavy atom. The first kappa shape index (κ1) is 23.9. The van der Waals surface area contributed by atoms with Gasteiger partial charge in [0.25, 0.3) is 10.0 Å². The van der Waals surface area contributed by atoms with Gasteiger partial charge in [-0.05, 0) is 83.1 Å². The quantitative estimate of drug-likeness (QED) is 0.324. The highest BCUT2D eigenvalue weighted by atomic mass is 32.2. The third-order valence-corrected chi connectivity index (χ3v) is 7.53. The fourth-order valence-corrected chi connectivity index (χ4v) is 5.54. The monoisotopic (exact) mass is 513 g/mol. The summed E-state index contributed by atoms with van der Waals surface area (Å²) in [6, 6.07) is 15.2. The molecule has 0 radical (unpaired) electrons. The number of hydrogen-bond donors (Lipinski definition) is 1. The lowest BCUT2D eigenvalue weighted by Crippen LogP contribution is -2.15. The zero-order valence-corrected chi connectivity index (χ0v) is 19.4. The summed E-state index contributed by atoms with van der Waals surface area (Å²) in [5, 5.41) is 0. The van der Waals surface area contributed by atoms with Gasteiger partial charge in [0.2, 0.25) is 5.95 Å². The molecular weight excluding hydrogens is 494 g/mol. The van der Waals surface area contributed by atoms with Crippen LogP contribution in [-0.2, 0) is 22.6 Å². The maximum atomic E-state index is 13.5. The summed E-state index contributed by atoms with van der Waals surface area (Å²) in [5.74, 6) is -0.782. The van der Waals surface area contributed by atoms with E-state index in [-0.39, 0.29) is 16.8 Å². The first-order valence-electron chi connectivity index (χ1n) is 11.0. The highest BCUT2D eigenvalue weighted by Gasteiger charge is 2.33. The topological polar surface area (TPSA) is 72.0 Å². The fraction of sp³-hybridized carbons (Fsp3) is 0.154. The summed E-state index contributed by atoms with van der Waals surface area (Å²) in [6.45, 7) is 0. The van der Waals surface area contributed by atoms with E-state index in [1.54, 1.807) is 18.2 Å². The number of nitrogens with one attached hydrogen (secondary N) is 1. The van der Waals surface area contributed by atoms with E-state index in [0.29, 0.717) is 29.5 Å². The average Bonchev–Trinajstić information content (AvgIpc) is 3.27. The van der Waals surface area contributed by atoms with Gasteiger partial charge in [-0.1, -0.05) is 24.3 Å². The number of sulfonamides is 1. The van der Waals surface area contributed by atoms with Gasteiger partial charge in [-0.25, -0.2) is 27.5 Å². The van der Waals surface area contributed by atoms with Crippen molar-refractivity contribution in [1.29, 1.82) is 0 Å². The molecule has 3 aromatic carbocycles. The summed E-state index contributed by atoms with van der Waals surface area (Å²) in [5.41, 5.74) is 2.34. The normalized spacial score (nSPS) is 15.5. The van der Waals surface area contributed by atoms with Crippen LogP contribution in [0.2, 0.25) is 0 Å². The molecule has 0 aliphatic heterocycles. The molecule has 184 valence electrons. The van der Waals surface area contributed by atoms with Gasteiger partial charge in [-0.3, -0.25) is 0 Å². The van der Waals surface area contributed by atoms with Gasteiger partial charge in [0, 0.05) is 18.3 Å². The van der Waals surface area contributed by atoms with Crippen LogP contribution < -0.4 is 4.72 Å². The van der Waals surface area contributed by atoms with Crippen molar-refractivity contribution in [2.45, 2.75) is 29.8 Å². The molecule has 0 spiro atoms. The van der Waals surface area contributed by atoms with Crippen LogP contribution in [0.15, 0.2) is 84.0 Å². The van der Waals surface area contributed by atoms with E-state index >= 15 is 0 Å². The molecule has 0 amide bonds. The Morgan fingerprint density at radius 2 is 1.58 bits per heavy atom. The number of aryl methyl sites for hydroxylation is 1. The first-order chi connectivity index (χ1) is 17.1. The lowest BCUT2D eigenvalue weighted by molar-refractivity contribution is -0.137. The molecule has 0 saturated heterocycles. The molecule has 4 aromatic rings. The smallest absolute Gasteiger partial charge is 0.247 e. The summed E-state index contributed by atoms with van der Waals surface area (Å²) in [7, 11) is -3.93. The Hall–Kier alpha value is -3.79. The van der Waals surface area contributed by atoms with Crippen LogP contribution in [-0.4, -0.2) is 18.4 Å². The third-order valence-electron chi connectivity index (χ3n) is 6.21. The van der Waals surface area contributed by atoms with Gasteiger partial charge in [-0.2, -0.15) is 13.2 Å². The third kappa shape index (κ3) is 4.68. The zero-order valence-electron chi connectivity index (χ0n) is 18.6. The van der Waals surface area contributed by atoms with Gasteiger partial charge < -0.3 is 0 Å². The van der Waals surface area contributed by atoms with E-state index in [1.165, 1.54) is 48.8 Å². The predicted octanol–water partition coefficient (Wildman–Crippen LogP) is 6.18. The Labute approximate surface area is 204 Å². The van der Waals surface area contributed by atoms with E-state index in [4.69, 9.17) is 0 Å². The maximum absolute atomic E-state index is 13.5. The van der Waals surface area contributed by atoms with E-state index in [1.807, 2.05) is 0 Å². The molecule has 0 saturated carbocycles. The number of hydrogen-bond acceptors (Lipinski definition) is 4. The van der Waals surface area contributed by atoms with E-state index < -0.39 is 27.6 Å². The highest BCUT2D eigenvalue weighted by Crippen LogP contribution is 2.44. The van der Waals surface area contributed by atoms with Crippen LogP contribution in [0.5, 0.6) is 0 Å². The van der Waals surface area contributed by atoms with Crippen molar-refractivity contribution in [3.8, 4) is 11.1 Å².